The van der Waals surface area contributed by atoms with E-state index in [-0.39, 0.29) is 74.7 Å². The monoisotopic (exact) mass is 642 g/mol. The van der Waals surface area contributed by atoms with Crippen LogP contribution in [-0.2, 0) is 9.47 Å². The molecule has 0 unspecified atom stereocenters. The Morgan fingerprint density at radius 1 is 0.787 bits per heavy atom. The number of rotatable bonds is 7. The predicted molar refractivity (Wildman–Crippen MR) is 168 cm³/mol. The molecule has 0 radical (unpaired) electrons. The van der Waals surface area contributed by atoms with Crippen molar-refractivity contribution in [2.45, 2.75) is 31.7 Å². The van der Waals surface area contributed by atoms with Gasteiger partial charge in [0.15, 0.2) is 29.1 Å². The fraction of sp³-hybridized carbons (Fsp3) is 0.278. The second-order valence-corrected chi connectivity index (χ2v) is 11.4. The first-order valence-electron chi connectivity index (χ1n) is 14.8. The van der Waals surface area contributed by atoms with Gasteiger partial charge in [-0.2, -0.15) is 0 Å². The van der Waals surface area contributed by atoms with Crippen LogP contribution in [0.4, 0.5) is 0 Å². The van der Waals surface area contributed by atoms with E-state index in [9.17, 15) is 19.8 Å². The molecule has 0 saturated heterocycles. The maximum Gasteiger partial charge on any atom is 0.338 e. The van der Waals surface area contributed by atoms with Crippen LogP contribution in [0.15, 0.2) is 72.8 Å². The Bertz CT molecular complexity index is 1820. The molecule has 0 amide bonds. The number of esters is 2. The smallest absolute Gasteiger partial charge is 0.338 e. The SMILES string of the molecule is COc1cc2c(c(OC)c1OC)-c1c(cc3c(c1O)OCO3)[C@H](OC(=O)c1ccccc1)[C@H](C)[C@](C)(O)[C@H]2OC(=O)c1ccccc1. The minimum absolute atomic E-state index is 0.0532. The Morgan fingerprint density at radius 3 is 1.96 bits per heavy atom. The molecule has 6 rings (SSSR count). The summed E-state index contributed by atoms with van der Waals surface area (Å²) >= 11 is 0. The third-order valence-electron chi connectivity index (χ3n) is 8.75. The lowest BCUT2D eigenvalue weighted by Crippen LogP contribution is -2.46. The maximum absolute atomic E-state index is 13.7. The van der Waals surface area contributed by atoms with Gasteiger partial charge in [-0.1, -0.05) is 43.3 Å². The number of phenolic OH excluding ortho intramolecular Hbond substituents is 1. The summed E-state index contributed by atoms with van der Waals surface area (Å²) in [6, 6.07) is 19.9. The number of carbonyl (C=O) groups is 2. The maximum atomic E-state index is 13.7. The molecule has 4 aromatic rings. The Labute approximate surface area is 271 Å². The second-order valence-electron chi connectivity index (χ2n) is 11.4. The van der Waals surface area contributed by atoms with Gasteiger partial charge in [-0.15, -0.1) is 0 Å². The summed E-state index contributed by atoms with van der Waals surface area (Å²) in [5.74, 6) is -1.98. The first kappa shape index (κ1) is 31.6. The van der Waals surface area contributed by atoms with Crippen LogP contribution in [0, 0.1) is 5.92 Å². The number of hydrogen-bond donors (Lipinski definition) is 2. The lowest BCUT2D eigenvalue weighted by atomic mass is 9.71. The largest absolute Gasteiger partial charge is 0.504 e. The van der Waals surface area contributed by atoms with Crippen molar-refractivity contribution in [2.24, 2.45) is 5.92 Å². The van der Waals surface area contributed by atoms with Crippen LogP contribution in [0.25, 0.3) is 11.1 Å². The third-order valence-corrected chi connectivity index (χ3v) is 8.75. The topological polar surface area (TPSA) is 139 Å². The molecule has 0 spiro atoms. The summed E-state index contributed by atoms with van der Waals surface area (Å²) < 4.78 is 40.9. The number of aliphatic hydroxyl groups is 1. The van der Waals surface area contributed by atoms with Gasteiger partial charge in [0.05, 0.1) is 32.5 Å². The summed E-state index contributed by atoms with van der Waals surface area (Å²) in [6.07, 6.45) is -2.65. The molecule has 0 saturated carbocycles. The Balaban J connectivity index is 1.68. The molecule has 1 heterocycles. The van der Waals surface area contributed by atoms with Crippen LogP contribution in [-0.4, -0.2) is 55.9 Å². The average Bonchev–Trinajstić information content (AvgIpc) is 3.58. The number of carbonyl (C=O) groups excluding carboxylic acids is 2. The summed E-state index contributed by atoms with van der Waals surface area (Å²) in [6.45, 7) is 3.00. The van der Waals surface area contributed by atoms with Crippen molar-refractivity contribution in [3.63, 3.8) is 0 Å². The van der Waals surface area contributed by atoms with Crippen molar-refractivity contribution in [1.82, 2.24) is 0 Å². The van der Waals surface area contributed by atoms with Crippen LogP contribution in [0.3, 0.4) is 0 Å². The first-order valence-corrected chi connectivity index (χ1v) is 14.8. The molecule has 47 heavy (non-hydrogen) atoms. The van der Waals surface area contributed by atoms with Crippen LogP contribution in [0.1, 0.15) is 57.9 Å². The van der Waals surface area contributed by atoms with Crippen molar-refractivity contribution in [2.75, 3.05) is 28.1 Å². The minimum atomic E-state index is -1.92. The molecule has 4 atom stereocenters. The highest BCUT2D eigenvalue weighted by Gasteiger charge is 2.51. The highest BCUT2D eigenvalue weighted by molar-refractivity contribution is 5.93. The van der Waals surface area contributed by atoms with Crippen molar-refractivity contribution < 1.29 is 53.0 Å². The normalized spacial score (nSPS) is 20.9. The molecule has 0 bridgehead atoms. The average molecular weight is 643 g/mol. The molecular formula is C36H34O11. The van der Waals surface area contributed by atoms with Gasteiger partial charge in [0.1, 0.15) is 11.7 Å². The standard InChI is InChI=1S/C36H34O11/c1-19-29(46-34(38)20-12-8-6-9-13-20)22-16-25-30(45-18-44-25)28(37)26(22)27-23(17-24(41-3)31(42-4)32(27)43-5)33(36(19,2)40)47-35(39)21-14-10-7-11-15-21/h6-17,19,29,33,37,40H,18H2,1-5H3/t19-,29+,33-,36-/m0/s1. The number of fused-ring (bicyclic) bond motifs is 4. The zero-order valence-electron chi connectivity index (χ0n) is 26.4. The molecule has 1 aliphatic heterocycles. The van der Waals surface area contributed by atoms with E-state index in [0.717, 1.165) is 0 Å². The highest BCUT2D eigenvalue weighted by atomic mass is 16.7. The molecule has 2 aliphatic rings. The summed E-state index contributed by atoms with van der Waals surface area (Å²) in [5, 5.41) is 24.5. The van der Waals surface area contributed by atoms with Gasteiger partial charge in [0, 0.05) is 28.2 Å². The zero-order valence-corrected chi connectivity index (χ0v) is 26.4. The van der Waals surface area contributed by atoms with E-state index >= 15 is 0 Å². The van der Waals surface area contributed by atoms with Crippen molar-refractivity contribution in [1.29, 1.82) is 0 Å². The predicted octanol–water partition coefficient (Wildman–Crippen LogP) is 6.01. The van der Waals surface area contributed by atoms with Gasteiger partial charge in [-0.05, 0) is 43.3 Å². The number of ether oxygens (including phenoxy) is 7. The molecule has 4 aromatic carbocycles. The Kier molecular flexibility index (Phi) is 8.33. The fourth-order valence-electron chi connectivity index (χ4n) is 6.16. The van der Waals surface area contributed by atoms with E-state index in [4.69, 9.17) is 33.2 Å². The Hall–Kier alpha value is -5.42. The summed E-state index contributed by atoms with van der Waals surface area (Å²) in [7, 11) is 4.26. The number of hydrogen-bond acceptors (Lipinski definition) is 11. The minimum Gasteiger partial charge on any atom is -0.504 e. The molecule has 2 N–H and O–H groups in total. The van der Waals surface area contributed by atoms with E-state index in [1.807, 2.05) is 0 Å². The lowest BCUT2D eigenvalue weighted by Gasteiger charge is -2.43. The van der Waals surface area contributed by atoms with E-state index in [1.165, 1.54) is 28.3 Å². The van der Waals surface area contributed by atoms with Crippen LogP contribution >= 0.6 is 0 Å². The molecular weight excluding hydrogens is 608 g/mol. The third kappa shape index (κ3) is 5.32. The van der Waals surface area contributed by atoms with Crippen LogP contribution in [0.2, 0.25) is 0 Å². The van der Waals surface area contributed by atoms with Gasteiger partial charge in [0.25, 0.3) is 0 Å². The van der Waals surface area contributed by atoms with Gasteiger partial charge in [-0.25, -0.2) is 9.59 Å². The number of phenols is 1. The molecule has 244 valence electrons. The number of benzene rings is 4. The van der Waals surface area contributed by atoms with Crippen molar-refractivity contribution in [3.8, 4) is 45.6 Å². The van der Waals surface area contributed by atoms with E-state index < -0.39 is 35.7 Å². The van der Waals surface area contributed by atoms with Gasteiger partial charge < -0.3 is 43.4 Å². The molecule has 11 nitrogen and oxygen atoms in total. The molecule has 0 fully saturated rings. The second kappa shape index (κ2) is 12.4. The quantitative estimate of drug-likeness (QED) is 0.229. The van der Waals surface area contributed by atoms with Crippen molar-refractivity contribution in [3.05, 3.63) is 95.1 Å². The van der Waals surface area contributed by atoms with E-state index in [1.54, 1.807) is 79.7 Å². The van der Waals surface area contributed by atoms with Crippen molar-refractivity contribution >= 4 is 11.9 Å². The number of methoxy groups -OCH3 is 3. The molecule has 1 aliphatic carbocycles. The van der Waals surface area contributed by atoms with Gasteiger partial charge >= 0.3 is 11.9 Å². The number of aromatic hydroxyl groups is 1. The van der Waals surface area contributed by atoms with Gasteiger partial charge in [-0.3, -0.25) is 0 Å². The van der Waals surface area contributed by atoms with Gasteiger partial charge in [0.2, 0.25) is 18.3 Å². The zero-order chi connectivity index (χ0) is 33.5. The Morgan fingerprint density at radius 2 is 1.38 bits per heavy atom. The first-order chi connectivity index (χ1) is 22.6. The van der Waals surface area contributed by atoms with Crippen LogP contribution in [0.5, 0.6) is 34.5 Å². The van der Waals surface area contributed by atoms with E-state index in [2.05, 4.69) is 0 Å². The summed E-state index contributed by atoms with van der Waals surface area (Å²) in [4.78, 5) is 27.3. The van der Waals surface area contributed by atoms with E-state index in [0.29, 0.717) is 0 Å². The lowest BCUT2D eigenvalue weighted by molar-refractivity contribution is -0.135. The van der Waals surface area contributed by atoms with Crippen LogP contribution < -0.4 is 23.7 Å². The fourth-order valence-corrected chi connectivity index (χ4v) is 6.16. The highest BCUT2D eigenvalue weighted by Crippen LogP contribution is 2.61. The molecule has 11 heteroatoms. The summed E-state index contributed by atoms with van der Waals surface area (Å²) in [5.41, 5.74) is -0.581. The molecule has 0 aromatic heterocycles.